The van der Waals surface area contributed by atoms with E-state index in [4.69, 9.17) is 23.7 Å². The molecule has 0 amide bonds. The van der Waals surface area contributed by atoms with Gasteiger partial charge in [-0.15, -0.1) is 13.2 Å². The summed E-state index contributed by atoms with van der Waals surface area (Å²) in [5.74, 6) is 1.39. The molecule has 4 aromatic rings. The van der Waals surface area contributed by atoms with E-state index in [0.717, 1.165) is 41.9 Å². The van der Waals surface area contributed by atoms with Gasteiger partial charge in [-0.3, -0.25) is 0 Å². The number of hydrogen-bond acceptors (Lipinski definition) is 10. The first kappa shape index (κ1) is 30.8. The normalized spacial score (nSPS) is 22.5. The molecular formula is C33H34F3N3O6S. The lowest BCUT2D eigenvalue weighted by atomic mass is 9.93. The summed E-state index contributed by atoms with van der Waals surface area (Å²) < 4.78 is 67.7. The smallest absolute Gasteiger partial charge is 0.489 e. The number of aromatic nitrogens is 2. The van der Waals surface area contributed by atoms with Gasteiger partial charge in [0.2, 0.25) is 0 Å². The fourth-order valence-corrected chi connectivity index (χ4v) is 7.79. The van der Waals surface area contributed by atoms with E-state index in [-0.39, 0.29) is 42.1 Å². The Morgan fingerprint density at radius 2 is 1.91 bits per heavy atom. The van der Waals surface area contributed by atoms with Crippen LogP contribution in [0.2, 0.25) is 0 Å². The second kappa shape index (κ2) is 12.1. The predicted octanol–water partition coefficient (Wildman–Crippen LogP) is 8.10. The zero-order valence-corrected chi connectivity index (χ0v) is 26.4. The molecule has 2 aromatic heterocycles. The number of rotatable bonds is 11. The largest absolute Gasteiger partial charge is 0.573 e. The van der Waals surface area contributed by atoms with Crippen LogP contribution in [0.25, 0.3) is 21.5 Å². The van der Waals surface area contributed by atoms with Crippen molar-refractivity contribution in [2.45, 2.75) is 83.1 Å². The molecule has 0 saturated heterocycles. The highest BCUT2D eigenvalue weighted by molar-refractivity contribution is 7.22. The van der Waals surface area contributed by atoms with Crippen LogP contribution in [-0.2, 0) is 16.1 Å². The van der Waals surface area contributed by atoms with Crippen molar-refractivity contribution >= 4 is 32.7 Å². The van der Waals surface area contributed by atoms with E-state index in [9.17, 15) is 18.0 Å². The summed E-state index contributed by atoms with van der Waals surface area (Å²) in [5, 5.41) is 8.60. The molecule has 7 rings (SSSR count). The molecule has 0 unspecified atom stereocenters. The first-order valence-electron chi connectivity index (χ1n) is 15.5. The molecule has 2 bridgehead atoms. The number of halogens is 3. The molecule has 13 heteroatoms. The average Bonchev–Trinajstić information content (AvgIpc) is 3.29. The number of para-hydroxylation sites is 1. The number of carbonyl (C=O) groups excluding carboxylic acids is 1. The van der Waals surface area contributed by atoms with Crippen molar-refractivity contribution in [3.05, 3.63) is 53.3 Å². The first-order chi connectivity index (χ1) is 22.1. The number of nitrogens with one attached hydrogen (secondary N) is 1. The molecule has 3 saturated carbocycles. The summed E-state index contributed by atoms with van der Waals surface area (Å²) in [6.07, 6.45) is -0.232. The van der Waals surface area contributed by atoms with Gasteiger partial charge in [-0.05, 0) is 82.1 Å². The maximum absolute atomic E-state index is 13.1. The number of esters is 1. The molecule has 1 N–H and O–H groups in total. The average molecular weight is 658 g/mol. The van der Waals surface area contributed by atoms with E-state index in [0.29, 0.717) is 45.7 Å². The summed E-state index contributed by atoms with van der Waals surface area (Å²) in [7, 11) is 1.35. The number of hydrogen-bond donors (Lipinski definition) is 1. The van der Waals surface area contributed by atoms with Gasteiger partial charge in [-0.1, -0.05) is 28.6 Å². The van der Waals surface area contributed by atoms with Gasteiger partial charge in [0.05, 0.1) is 36.2 Å². The van der Waals surface area contributed by atoms with E-state index in [1.54, 1.807) is 24.3 Å². The molecule has 0 radical (unpaired) electrons. The second-order valence-corrected chi connectivity index (χ2v) is 13.5. The van der Waals surface area contributed by atoms with Gasteiger partial charge < -0.3 is 28.8 Å². The lowest BCUT2D eigenvalue weighted by Crippen LogP contribution is -2.32. The Labute approximate surface area is 267 Å². The van der Waals surface area contributed by atoms with E-state index >= 15 is 0 Å². The molecule has 3 aliphatic carbocycles. The van der Waals surface area contributed by atoms with Gasteiger partial charge in [0.1, 0.15) is 28.5 Å². The van der Waals surface area contributed by atoms with Crippen LogP contribution in [0.5, 0.6) is 11.5 Å². The minimum atomic E-state index is -4.83. The molecule has 4 atom stereocenters. The molecular weight excluding hydrogens is 623 g/mol. The van der Waals surface area contributed by atoms with Crippen molar-refractivity contribution in [2.24, 2.45) is 11.8 Å². The minimum Gasteiger partial charge on any atom is -0.489 e. The summed E-state index contributed by atoms with van der Waals surface area (Å²) in [6.45, 7) is 4.05. The van der Waals surface area contributed by atoms with E-state index in [1.807, 2.05) is 13.8 Å². The molecule has 2 aromatic carbocycles. The number of nitrogens with zero attached hydrogens (tertiary/aromatic N) is 2. The molecule has 0 spiro atoms. The minimum absolute atomic E-state index is 0.0172. The number of carbonyl (C=O) groups is 1. The lowest BCUT2D eigenvalue weighted by Gasteiger charge is -2.28. The Hall–Kier alpha value is -3.84. The van der Waals surface area contributed by atoms with E-state index in [1.165, 1.54) is 30.6 Å². The summed E-state index contributed by atoms with van der Waals surface area (Å²) in [5.41, 5.74) is 2.37. The van der Waals surface area contributed by atoms with Crippen LogP contribution in [0.15, 0.2) is 40.9 Å². The topological polar surface area (TPSA) is 105 Å². The Kier molecular flexibility index (Phi) is 8.08. The SMILES string of the molecule is COC(=O)c1cc(OC(C)C)c2nc(N[C@H]3C[C@@H]4C[C@H]3C[C@@H]4OCc3c(-c4ccccc4OC(F)(F)F)noc3C3CC3)sc2c1. The summed E-state index contributed by atoms with van der Waals surface area (Å²) in [6, 6.07) is 9.67. The van der Waals surface area contributed by atoms with Crippen molar-refractivity contribution in [2.75, 3.05) is 12.4 Å². The van der Waals surface area contributed by atoms with E-state index in [2.05, 4.69) is 15.2 Å². The molecule has 3 fully saturated rings. The van der Waals surface area contributed by atoms with E-state index < -0.39 is 12.3 Å². The molecule has 2 heterocycles. The molecule has 3 aliphatic rings. The van der Waals surface area contributed by atoms with Crippen molar-refractivity contribution in [1.82, 2.24) is 10.1 Å². The molecule has 244 valence electrons. The third-order valence-electron chi connectivity index (χ3n) is 8.92. The van der Waals surface area contributed by atoms with Crippen LogP contribution in [0, 0.1) is 11.8 Å². The first-order valence-corrected chi connectivity index (χ1v) is 16.3. The van der Waals surface area contributed by atoms with Gasteiger partial charge in [0.25, 0.3) is 0 Å². The summed E-state index contributed by atoms with van der Waals surface area (Å²) in [4.78, 5) is 17.1. The second-order valence-electron chi connectivity index (χ2n) is 12.5. The highest BCUT2D eigenvalue weighted by Crippen LogP contribution is 2.50. The lowest BCUT2D eigenvalue weighted by molar-refractivity contribution is -0.274. The fourth-order valence-electron chi connectivity index (χ4n) is 6.81. The maximum atomic E-state index is 13.1. The zero-order chi connectivity index (χ0) is 32.2. The number of alkyl halides is 3. The summed E-state index contributed by atoms with van der Waals surface area (Å²) >= 11 is 1.48. The van der Waals surface area contributed by atoms with Crippen LogP contribution in [-0.4, -0.2) is 47.8 Å². The van der Waals surface area contributed by atoms with Crippen molar-refractivity contribution in [1.29, 1.82) is 0 Å². The number of anilines is 1. The molecule has 46 heavy (non-hydrogen) atoms. The van der Waals surface area contributed by atoms with Crippen LogP contribution >= 0.6 is 11.3 Å². The van der Waals surface area contributed by atoms with Crippen LogP contribution in [0.4, 0.5) is 18.3 Å². The van der Waals surface area contributed by atoms with Gasteiger partial charge in [0, 0.05) is 23.1 Å². The fraction of sp³-hybridized carbons (Fsp3) is 0.485. The highest BCUT2D eigenvalue weighted by atomic mass is 32.1. The van der Waals surface area contributed by atoms with Gasteiger partial charge in [-0.2, -0.15) is 0 Å². The van der Waals surface area contributed by atoms with Gasteiger partial charge >= 0.3 is 12.3 Å². The van der Waals surface area contributed by atoms with Gasteiger partial charge in [-0.25, -0.2) is 9.78 Å². The third kappa shape index (κ3) is 6.26. The van der Waals surface area contributed by atoms with Crippen LogP contribution in [0.3, 0.4) is 0 Å². The van der Waals surface area contributed by atoms with Crippen molar-refractivity contribution < 1.29 is 41.4 Å². The number of fused-ring (bicyclic) bond motifs is 3. The van der Waals surface area contributed by atoms with Crippen LogP contribution in [0.1, 0.15) is 73.6 Å². The monoisotopic (exact) mass is 657 g/mol. The Bertz CT molecular complexity index is 1750. The van der Waals surface area contributed by atoms with Crippen molar-refractivity contribution in [3.63, 3.8) is 0 Å². The highest BCUT2D eigenvalue weighted by Gasteiger charge is 2.47. The van der Waals surface area contributed by atoms with Gasteiger partial charge in [0.15, 0.2) is 5.13 Å². The maximum Gasteiger partial charge on any atom is 0.573 e. The number of thiazole rings is 1. The van der Waals surface area contributed by atoms with Crippen LogP contribution < -0.4 is 14.8 Å². The quantitative estimate of drug-likeness (QED) is 0.160. The molecule has 9 nitrogen and oxygen atoms in total. The predicted molar refractivity (Wildman–Crippen MR) is 164 cm³/mol. The van der Waals surface area contributed by atoms with Crippen molar-refractivity contribution in [3.8, 4) is 22.8 Å². The number of methoxy groups -OCH3 is 1. The molecule has 0 aliphatic heterocycles. The Morgan fingerprint density at radius 1 is 1.11 bits per heavy atom. The standard InChI is InChI=1S/C33H34F3N3O6S/c1-16(2)43-26-13-20(31(40)41-3)14-27-29(26)38-32(46-27)37-23-11-19-10-18(23)12-25(19)42-15-22-28(39-45-30(22)17-8-9-17)21-6-4-5-7-24(21)44-33(34,35)36/h4-7,13-14,16-19,23,25H,8-12,15H2,1-3H3,(H,37,38)/t18-,19-,23-,25-/m0/s1. The zero-order valence-electron chi connectivity index (χ0n) is 25.6. The number of ether oxygens (including phenoxy) is 4. The number of benzene rings is 2. The Morgan fingerprint density at radius 3 is 2.61 bits per heavy atom. The third-order valence-corrected chi connectivity index (χ3v) is 9.85. The Balaban J connectivity index is 1.04.